The van der Waals surface area contributed by atoms with E-state index < -0.39 is 0 Å². The van der Waals surface area contributed by atoms with Gasteiger partial charge in [-0.05, 0) is 47.9 Å². The van der Waals surface area contributed by atoms with Gasteiger partial charge in [0.05, 0.1) is 17.0 Å². The Hall–Kier alpha value is -5.88. The number of aromatic nitrogens is 3. The lowest BCUT2D eigenvalue weighted by atomic mass is 10.00. The van der Waals surface area contributed by atoms with Gasteiger partial charge >= 0.3 is 0 Å². The number of pyridine rings is 1. The van der Waals surface area contributed by atoms with Crippen molar-refractivity contribution in [1.29, 1.82) is 0 Å². The molecule has 0 saturated heterocycles. The van der Waals surface area contributed by atoms with Crippen LogP contribution in [0.4, 0.5) is 0 Å². The first-order chi connectivity index (χ1) is 21.1. The minimum atomic E-state index is 0.150. The van der Waals surface area contributed by atoms with Crippen molar-refractivity contribution >= 4 is 54.6 Å². The summed E-state index contributed by atoms with van der Waals surface area (Å²) in [5.41, 5.74) is 7.14. The number of hydrogen-bond donors (Lipinski definition) is 1. The molecule has 0 fully saturated rings. The van der Waals surface area contributed by atoms with Crippen molar-refractivity contribution in [3.63, 3.8) is 0 Å². The maximum atomic E-state index is 11.1. The minimum Gasteiger partial charge on any atom is -0.507 e. The molecule has 0 bridgehead atoms. The number of phenolic OH excluding ortho intramolecular Hbond substituents is 1. The molecule has 0 unspecified atom stereocenters. The first-order valence-electron chi connectivity index (χ1n) is 14.1. The van der Waals surface area contributed by atoms with Crippen LogP contribution in [0.15, 0.2) is 124 Å². The zero-order valence-electron chi connectivity index (χ0n) is 23.1. The summed E-state index contributed by atoms with van der Waals surface area (Å²) in [6.45, 7) is 0. The lowest BCUT2D eigenvalue weighted by Crippen LogP contribution is -1.92. The Morgan fingerprint density at radius 2 is 1.42 bits per heavy atom. The third-order valence-electron chi connectivity index (χ3n) is 8.30. The molecule has 0 aliphatic heterocycles. The molecular formula is C37H23N3O3. The standard InChI is InChI=1S/C37H23N3O3/c1-40-20-29(39-37(40)35-30(41)14-15-33-34(35)25-11-5-7-13-32(25)42-33)23-16-26-24-10-4-6-12-31(24)43-36(26)27(17-23)28-18-21-8-2-3-9-22(21)19-38-28/h2-20,41H,1H3. The van der Waals surface area contributed by atoms with E-state index in [1.54, 1.807) is 12.1 Å². The van der Waals surface area contributed by atoms with Crippen LogP contribution in [0.3, 0.4) is 0 Å². The lowest BCUT2D eigenvalue weighted by Gasteiger charge is -2.07. The van der Waals surface area contributed by atoms with Crippen molar-refractivity contribution in [2.75, 3.05) is 0 Å². The highest BCUT2D eigenvalue weighted by Crippen LogP contribution is 2.43. The molecule has 0 radical (unpaired) electrons. The highest BCUT2D eigenvalue weighted by atomic mass is 16.3. The Morgan fingerprint density at radius 1 is 0.674 bits per heavy atom. The van der Waals surface area contributed by atoms with Crippen LogP contribution >= 0.6 is 0 Å². The summed E-state index contributed by atoms with van der Waals surface area (Å²) >= 11 is 0. The molecule has 0 aliphatic rings. The van der Waals surface area contributed by atoms with Gasteiger partial charge in [0.1, 0.15) is 33.9 Å². The van der Waals surface area contributed by atoms with Crippen LogP contribution < -0.4 is 0 Å². The maximum Gasteiger partial charge on any atom is 0.144 e. The quantitative estimate of drug-likeness (QED) is 0.234. The van der Waals surface area contributed by atoms with Crippen molar-refractivity contribution in [3.8, 4) is 39.7 Å². The molecular weight excluding hydrogens is 534 g/mol. The summed E-state index contributed by atoms with van der Waals surface area (Å²) < 4.78 is 14.5. The summed E-state index contributed by atoms with van der Waals surface area (Å²) in [6.07, 6.45) is 3.90. The number of hydrogen-bond acceptors (Lipinski definition) is 5. The van der Waals surface area contributed by atoms with E-state index in [1.807, 2.05) is 78.6 Å². The van der Waals surface area contributed by atoms with Gasteiger partial charge in [-0.1, -0.05) is 60.7 Å². The third-order valence-corrected chi connectivity index (χ3v) is 8.30. The van der Waals surface area contributed by atoms with E-state index in [1.165, 1.54) is 0 Å². The Kier molecular flexibility index (Phi) is 4.87. The lowest BCUT2D eigenvalue weighted by molar-refractivity contribution is 0.477. The molecule has 43 heavy (non-hydrogen) atoms. The molecule has 5 aromatic carbocycles. The SMILES string of the molecule is Cn1cc(-c2cc(-c3cc4ccccc4cn3)c3oc4ccccc4c3c2)nc1-c1c(O)ccc2oc3ccccc3c12. The fourth-order valence-corrected chi connectivity index (χ4v) is 6.27. The van der Waals surface area contributed by atoms with Gasteiger partial charge in [-0.3, -0.25) is 4.98 Å². The predicted octanol–water partition coefficient (Wildman–Crippen LogP) is 9.47. The van der Waals surface area contributed by atoms with E-state index in [-0.39, 0.29) is 5.75 Å². The van der Waals surface area contributed by atoms with E-state index in [2.05, 4.69) is 36.4 Å². The van der Waals surface area contributed by atoms with E-state index >= 15 is 0 Å². The molecule has 6 nitrogen and oxygen atoms in total. The fourth-order valence-electron chi connectivity index (χ4n) is 6.27. The molecule has 204 valence electrons. The molecule has 1 N–H and O–H groups in total. The van der Waals surface area contributed by atoms with Crippen molar-refractivity contribution in [3.05, 3.63) is 116 Å². The van der Waals surface area contributed by atoms with Gasteiger partial charge in [-0.25, -0.2) is 4.98 Å². The van der Waals surface area contributed by atoms with Crippen LogP contribution in [0.5, 0.6) is 5.75 Å². The van der Waals surface area contributed by atoms with Crippen LogP contribution in [0, 0.1) is 0 Å². The van der Waals surface area contributed by atoms with Gasteiger partial charge in [0.15, 0.2) is 0 Å². The fraction of sp³-hybridized carbons (Fsp3) is 0.0270. The van der Waals surface area contributed by atoms with Gasteiger partial charge in [-0.2, -0.15) is 0 Å². The van der Waals surface area contributed by atoms with Crippen LogP contribution in [0.1, 0.15) is 0 Å². The molecule has 9 aromatic rings. The zero-order valence-corrected chi connectivity index (χ0v) is 23.1. The van der Waals surface area contributed by atoms with Gasteiger partial charge in [-0.15, -0.1) is 0 Å². The van der Waals surface area contributed by atoms with E-state index in [4.69, 9.17) is 18.8 Å². The van der Waals surface area contributed by atoms with Gasteiger partial charge < -0.3 is 18.5 Å². The van der Waals surface area contributed by atoms with Gasteiger partial charge in [0.25, 0.3) is 0 Å². The second-order valence-electron chi connectivity index (χ2n) is 10.9. The van der Waals surface area contributed by atoms with E-state index in [0.29, 0.717) is 17.0 Å². The number of aromatic hydroxyl groups is 1. The number of rotatable bonds is 3. The summed E-state index contributed by atoms with van der Waals surface area (Å²) in [4.78, 5) is 9.96. The van der Waals surface area contributed by atoms with Gasteiger partial charge in [0, 0.05) is 57.5 Å². The molecule has 0 saturated carbocycles. The van der Waals surface area contributed by atoms with Gasteiger partial charge in [0.2, 0.25) is 0 Å². The first kappa shape index (κ1) is 23.8. The molecule has 0 atom stereocenters. The smallest absolute Gasteiger partial charge is 0.144 e. The number of furan rings is 2. The van der Waals surface area contributed by atoms with E-state index in [0.717, 1.165) is 71.6 Å². The zero-order chi connectivity index (χ0) is 28.7. The number of phenols is 1. The third kappa shape index (κ3) is 3.53. The topological polar surface area (TPSA) is 77.2 Å². The molecule has 9 rings (SSSR count). The number of fused-ring (bicyclic) bond motifs is 7. The Labute approximate surface area is 245 Å². The van der Waals surface area contributed by atoms with Crippen molar-refractivity contribution in [1.82, 2.24) is 14.5 Å². The Morgan fingerprint density at radius 3 is 2.28 bits per heavy atom. The minimum absolute atomic E-state index is 0.150. The molecule has 0 aliphatic carbocycles. The first-order valence-corrected chi connectivity index (χ1v) is 14.1. The monoisotopic (exact) mass is 557 g/mol. The van der Waals surface area contributed by atoms with Crippen molar-refractivity contribution in [2.24, 2.45) is 7.05 Å². The maximum absolute atomic E-state index is 11.1. The normalized spacial score (nSPS) is 11.9. The second kappa shape index (κ2) is 8.81. The highest BCUT2D eigenvalue weighted by molar-refractivity contribution is 6.14. The average molecular weight is 558 g/mol. The highest BCUT2D eigenvalue weighted by Gasteiger charge is 2.22. The second-order valence-corrected chi connectivity index (χ2v) is 10.9. The van der Waals surface area contributed by atoms with E-state index in [9.17, 15) is 5.11 Å². The molecule has 4 aromatic heterocycles. The number of para-hydroxylation sites is 2. The molecule has 0 amide bonds. The van der Waals surface area contributed by atoms with Crippen LogP contribution in [-0.4, -0.2) is 19.6 Å². The van der Waals surface area contributed by atoms with Crippen LogP contribution in [0.2, 0.25) is 0 Å². The number of aryl methyl sites for hydroxylation is 1. The molecule has 4 heterocycles. The van der Waals surface area contributed by atoms with Crippen LogP contribution in [0.25, 0.3) is 88.6 Å². The summed E-state index contributed by atoms with van der Waals surface area (Å²) in [5, 5.41) is 17.1. The Bertz CT molecular complexity index is 2550. The number of nitrogens with zero attached hydrogens (tertiary/aromatic N) is 3. The number of benzene rings is 5. The molecule has 6 heteroatoms. The summed E-state index contributed by atoms with van der Waals surface area (Å²) in [5.74, 6) is 0.795. The summed E-state index contributed by atoms with van der Waals surface area (Å²) in [7, 11) is 1.95. The summed E-state index contributed by atoms with van der Waals surface area (Å²) in [6, 6.07) is 34.0. The largest absolute Gasteiger partial charge is 0.507 e. The number of imidazole rings is 1. The van der Waals surface area contributed by atoms with Crippen molar-refractivity contribution in [2.45, 2.75) is 0 Å². The van der Waals surface area contributed by atoms with Crippen molar-refractivity contribution < 1.29 is 13.9 Å². The average Bonchev–Trinajstić information content (AvgIpc) is 3.73. The predicted molar refractivity (Wildman–Crippen MR) is 171 cm³/mol. The molecule has 0 spiro atoms. The Balaban J connectivity index is 1.30. The van der Waals surface area contributed by atoms with Crippen LogP contribution in [-0.2, 0) is 7.05 Å².